The predicted octanol–water partition coefficient (Wildman–Crippen LogP) is 2.38. The van der Waals surface area contributed by atoms with E-state index in [9.17, 15) is 4.39 Å². The van der Waals surface area contributed by atoms with Gasteiger partial charge in [0.15, 0.2) is 0 Å². The fourth-order valence-electron chi connectivity index (χ4n) is 0.894. The van der Waals surface area contributed by atoms with Gasteiger partial charge in [-0.15, -0.1) is 0 Å². The summed E-state index contributed by atoms with van der Waals surface area (Å²) in [5, 5.41) is 0. The third-order valence-electron chi connectivity index (χ3n) is 1.49. The van der Waals surface area contributed by atoms with Gasteiger partial charge in [0.1, 0.15) is 5.82 Å². The number of halogens is 2. The summed E-state index contributed by atoms with van der Waals surface area (Å²) in [7, 11) is 0. The second-order valence-electron chi connectivity index (χ2n) is 2.39. The van der Waals surface area contributed by atoms with Crippen molar-refractivity contribution < 1.29 is 4.39 Å². The van der Waals surface area contributed by atoms with Gasteiger partial charge in [0.05, 0.1) is 0 Å². The minimum atomic E-state index is -0.177. The zero-order valence-corrected chi connectivity index (χ0v) is 6.95. The van der Waals surface area contributed by atoms with Crippen LogP contribution < -0.4 is 4.84 Å². The van der Waals surface area contributed by atoms with Crippen LogP contribution in [0.3, 0.4) is 0 Å². The van der Waals surface area contributed by atoms with Crippen LogP contribution in [0.1, 0.15) is 11.1 Å². The Labute approximate surface area is 70.3 Å². The van der Waals surface area contributed by atoms with Crippen LogP contribution in [0.25, 0.3) is 0 Å². The molecule has 0 saturated heterocycles. The minimum absolute atomic E-state index is 0.177. The highest BCUT2D eigenvalue weighted by molar-refractivity contribution is 6.13. The van der Waals surface area contributed by atoms with E-state index in [2.05, 4.69) is 4.84 Å². The molecule has 0 saturated carbocycles. The summed E-state index contributed by atoms with van der Waals surface area (Å²) in [4.78, 5) is 2.48. The fraction of sp³-hybridized carbons (Fsp3) is 0.250. The number of hydrogen-bond donors (Lipinski definition) is 1. The molecule has 0 unspecified atom stereocenters. The molecule has 1 rings (SSSR count). The quantitative estimate of drug-likeness (QED) is 0.678. The molecule has 11 heavy (non-hydrogen) atoms. The van der Waals surface area contributed by atoms with Gasteiger partial charge in [0.2, 0.25) is 0 Å². The van der Waals surface area contributed by atoms with E-state index < -0.39 is 0 Å². The molecule has 60 valence electrons. The third-order valence-corrected chi connectivity index (χ3v) is 1.63. The van der Waals surface area contributed by atoms with Gasteiger partial charge in [0.25, 0.3) is 0 Å². The largest absolute Gasteiger partial charge is 0.229 e. The molecular formula is C8H9ClFN. The van der Waals surface area contributed by atoms with Gasteiger partial charge >= 0.3 is 0 Å². The number of aryl methyl sites for hydroxylation is 1. The van der Waals surface area contributed by atoms with E-state index in [0.717, 1.165) is 5.56 Å². The molecule has 0 radical (unpaired) electrons. The van der Waals surface area contributed by atoms with Crippen molar-refractivity contribution in [1.29, 1.82) is 0 Å². The first-order valence-electron chi connectivity index (χ1n) is 3.32. The van der Waals surface area contributed by atoms with E-state index in [1.807, 2.05) is 0 Å². The molecule has 0 bridgehead atoms. The number of rotatable bonds is 2. The molecule has 0 aliphatic heterocycles. The minimum Gasteiger partial charge on any atom is -0.229 e. The van der Waals surface area contributed by atoms with E-state index in [1.54, 1.807) is 19.1 Å². The zero-order chi connectivity index (χ0) is 8.27. The van der Waals surface area contributed by atoms with E-state index in [0.29, 0.717) is 12.1 Å². The van der Waals surface area contributed by atoms with Gasteiger partial charge in [-0.05, 0) is 35.9 Å². The van der Waals surface area contributed by atoms with Crippen LogP contribution in [0.2, 0.25) is 0 Å². The molecular weight excluding hydrogens is 165 g/mol. The van der Waals surface area contributed by atoms with Crippen LogP contribution in [0.5, 0.6) is 0 Å². The van der Waals surface area contributed by atoms with Crippen LogP contribution in [-0.4, -0.2) is 0 Å². The van der Waals surface area contributed by atoms with E-state index in [4.69, 9.17) is 11.8 Å². The molecule has 1 nitrogen and oxygen atoms in total. The SMILES string of the molecule is Cc1cc(CNCl)ccc1F. The smallest absolute Gasteiger partial charge is 0.126 e. The number of benzene rings is 1. The normalized spacial score (nSPS) is 10.1. The topological polar surface area (TPSA) is 12.0 Å². The Morgan fingerprint density at radius 1 is 1.55 bits per heavy atom. The van der Waals surface area contributed by atoms with Crippen LogP contribution in [0, 0.1) is 12.7 Å². The van der Waals surface area contributed by atoms with Crippen LogP contribution in [0.4, 0.5) is 4.39 Å². The number of hydrogen-bond acceptors (Lipinski definition) is 1. The maximum atomic E-state index is 12.7. The van der Waals surface area contributed by atoms with Gasteiger partial charge in [-0.3, -0.25) is 0 Å². The first kappa shape index (κ1) is 8.50. The molecule has 3 heteroatoms. The monoisotopic (exact) mass is 173 g/mol. The van der Waals surface area contributed by atoms with Crippen molar-refractivity contribution in [1.82, 2.24) is 4.84 Å². The Balaban J connectivity index is 2.86. The van der Waals surface area contributed by atoms with Gasteiger partial charge in [-0.25, -0.2) is 9.23 Å². The molecule has 0 heterocycles. The summed E-state index contributed by atoms with van der Waals surface area (Å²) in [5.41, 5.74) is 1.63. The van der Waals surface area contributed by atoms with Crippen molar-refractivity contribution in [3.63, 3.8) is 0 Å². The summed E-state index contributed by atoms with van der Waals surface area (Å²) in [5.74, 6) is -0.177. The zero-order valence-electron chi connectivity index (χ0n) is 6.20. The van der Waals surface area contributed by atoms with Gasteiger partial charge in [-0.2, -0.15) is 0 Å². The highest BCUT2D eigenvalue weighted by Crippen LogP contribution is 2.08. The Morgan fingerprint density at radius 3 is 2.82 bits per heavy atom. The highest BCUT2D eigenvalue weighted by atomic mass is 35.5. The maximum absolute atomic E-state index is 12.7. The molecule has 0 atom stereocenters. The Kier molecular flexibility index (Phi) is 2.85. The van der Waals surface area contributed by atoms with Crippen molar-refractivity contribution in [3.05, 3.63) is 35.1 Å². The predicted molar refractivity (Wildman–Crippen MR) is 43.8 cm³/mol. The molecule has 0 amide bonds. The lowest BCUT2D eigenvalue weighted by atomic mass is 10.1. The van der Waals surface area contributed by atoms with E-state index >= 15 is 0 Å². The maximum Gasteiger partial charge on any atom is 0.126 e. The Hall–Kier alpha value is -0.600. The van der Waals surface area contributed by atoms with Crippen molar-refractivity contribution in [3.8, 4) is 0 Å². The second-order valence-corrected chi connectivity index (χ2v) is 2.66. The molecule has 0 spiro atoms. The first-order chi connectivity index (χ1) is 5.24. The molecule has 1 aromatic rings. The van der Waals surface area contributed by atoms with E-state index in [-0.39, 0.29) is 5.82 Å². The van der Waals surface area contributed by atoms with E-state index in [1.165, 1.54) is 6.07 Å². The summed E-state index contributed by atoms with van der Waals surface area (Å²) in [6.45, 7) is 2.29. The fourth-order valence-corrected chi connectivity index (χ4v) is 1.05. The molecule has 0 aliphatic carbocycles. The Bertz CT molecular complexity index is 250. The average Bonchev–Trinajstić information content (AvgIpc) is 1.98. The van der Waals surface area contributed by atoms with Gasteiger partial charge < -0.3 is 0 Å². The van der Waals surface area contributed by atoms with Crippen LogP contribution in [0.15, 0.2) is 18.2 Å². The molecule has 1 aromatic carbocycles. The lowest BCUT2D eigenvalue weighted by Crippen LogP contribution is -1.98. The van der Waals surface area contributed by atoms with Crippen molar-refractivity contribution in [2.24, 2.45) is 0 Å². The van der Waals surface area contributed by atoms with Crippen molar-refractivity contribution in [2.45, 2.75) is 13.5 Å². The summed E-state index contributed by atoms with van der Waals surface area (Å²) in [6.07, 6.45) is 0. The van der Waals surface area contributed by atoms with Crippen LogP contribution in [-0.2, 0) is 6.54 Å². The van der Waals surface area contributed by atoms with Gasteiger partial charge in [0, 0.05) is 6.54 Å². The second kappa shape index (κ2) is 3.69. The standard InChI is InChI=1S/C8H9ClFN/c1-6-4-7(5-11-9)2-3-8(6)10/h2-4,11H,5H2,1H3. The lowest BCUT2D eigenvalue weighted by Gasteiger charge is -2.00. The summed E-state index contributed by atoms with van der Waals surface area (Å²) >= 11 is 5.28. The molecule has 0 aromatic heterocycles. The molecule has 0 fully saturated rings. The van der Waals surface area contributed by atoms with Crippen molar-refractivity contribution in [2.75, 3.05) is 0 Å². The lowest BCUT2D eigenvalue weighted by molar-refractivity contribution is 0.617. The highest BCUT2D eigenvalue weighted by Gasteiger charge is 1.97. The third kappa shape index (κ3) is 2.17. The summed E-state index contributed by atoms with van der Waals surface area (Å²) < 4.78 is 12.7. The number of nitrogens with one attached hydrogen (secondary N) is 1. The van der Waals surface area contributed by atoms with Gasteiger partial charge in [-0.1, -0.05) is 12.1 Å². The molecule has 1 N–H and O–H groups in total. The van der Waals surface area contributed by atoms with Crippen molar-refractivity contribution >= 4 is 11.8 Å². The first-order valence-corrected chi connectivity index (χ1v) is 3.70. The molecule has 0 aliphatic rings. The average molecular weight is 174 g/mol. The summed E-state index contributed by atoms with van der Waals surface area (Å²) in [6, 6.07) is 4.92. The Morgan fingerprint density at radius 2 is 2.27 bits per heavy atom. The van der Waals surface area contributed by atoms with Crippen LogP contribution >= 0.6 is 11.8 Å².